The highest BCUT2D eigenvalue weighted by molar-refractivity contribution is 5.75. The minimum Gasteiger partial charge on any atom is -0.465 e. The highest BCUT2D eigenvalue weighted by Crippen LogP contribution is 2.13. The van der Waals surface area contributed by atoms with Gasteiger partial charge >= 0.3 is 5.97 Å². The summed E-state index contributed by atoms with van der Waals surface area (Å²) in [7, 11) is 0. The smallest absolute Gasteiger partial charge is 0.323 e. The third kappa shape index (κ3) is 15.5. The molecule has 1 rings (SSSR count). The van der Waals surface area contributed by atoms with Gasteiger partial charge in [-0.05, 0) is 18.4 Å². The van der Waals surface area contributed by atoms with Crippen molar-refractivity contribution in [3.05, 3.63) is 35.9 Å². The van der Waals surface area contributed by atoms with E-state index in [1.54, 1.807) is 0 Å². The predicted molar refractivity (Wildman–Crippen MR) is 129 cm³/mol. The van der Waals surface area contributed by atoms with E-state index < -0.39 is 6.04 Å². The summed E-state index contributed by atoms with van der Waals surface area (Å²) in [4.78, 5) is 12.0. The van der Waals surface area contributed by atoms with Crippen LogP contribution in [-0.4, -0.2) is 18.6 Å². The van der Waals surface area contributed by atoms with Gasteiger partial charge in [-0.1, -0.05) is 134 Å². The summed E-state index contributed by atoms with van der Waals surface area (Å²) in [6, 6.07) is 9.30. The molecular formula is C27H47NO2. The first kappa shape index (κ1) is 26.7. The van der Waals surface area contributed by atoms with E-state index >= 15 is 0 Å². The van der Waals surface area contributed by atoms with E-state index in [1.165, 1.54) is 89.9 Å². The molecule has 0 fully saturated rings. The Morgan fingerprint density at radius 2 is 1.17 bits per heavy atom. The van der Waals surface area contributed by atoms with Crippen LogP contribution in [-0.2, 0) is 16.0 Å². The van der Waals surface area contributed by atoms with Crippen LogP contribution in [0.15, 0.2) is 30.3 Å². The quantitative estimate of drug-likeness (QED) is 0.178. The Labute approximate surface area is 186 Å². The monoisotopic (exact) mass is 417 g/mol. The fourth-order valence-electron chi connectivity index (χ4n) is 3.88. The topological polar surface area (TPSA) is 52.3 Å². The predicted octanol–water partition coefficient (Wildman–Crippen LogP) is 7.36. The largest absolute Gasteiger partial charge is 0.465 e. The van der Waals surface area contributed by atoms with Gasteiger partial charge in [-0.25, -0.2) is 0 Å². The fourth-order valence-corrected chi connectivity index (χ4v) is 3.88. The number of hydrogen-bond donors (Lipinski definition) is 1. The van der Waals surface area contributed by atoms with Gasteiger partial charge < -0.3 is 10.5 Å². The Morgan fingerprint density at radius 3 is 1.63 bits per heavy atom. The number of nitrogens with two attached hydrogens (primary N) is 1. The number of esters is 1. The third-order valence-electron chi connectivity index (χ3n) is 5.84. The lowest BCUT2D eigenvalue weighted by Crippen LogP contribution is -2.34. The SMILES string of the molecule is CCCCCCCCCCCCCCCCCCOC(=O)[C@H](N)Cc1ccccc1. The highest BCUT2D eigenvalue weighted by Gasteiger charge is 2.15. The van der Waals surface area contributed by atoms with Crippen molar-refractivity contribution in [2.45, 2.75) is 122 Å². The molecule has 1 aromatic carbocycles. The zero-order chi connectivity index (χ0) is 21.7. The van der Waals surface area contributed by atoms with E-state index in [1.807, 2.05) is 30.3 Å². The van der Waals surface area contributed by atoms with Gasteiger partial charge in [-0.15, -0.1) is 0 Å². The first-order valence-corrected chi connectivity index (χ1v) is 12.7. The van der Waals surface area contributed by atoms with Crippen LogP contribution in [0.3, 0.4) is 0 Å². The molecule has 1 aromatic rings. The molecule has 0 saturated carbocycles. The summed E-state index contributed by atoms with van der Waals surface area (Å²) in [5.41, 5.74) is 7.02. The van der Waals surface area contributed by atoms with Crippen molar-refractivity contribution in [3.63, 3.8) is 0 Å². The summed E-state index contributed by atoms with van der Waals surface area (Å²) >= 11 is 0. The lowest BCUT2D eigenvalue weighted by Gasteiger charge is -2.11. The molecule has 3 heteroatoms. The fraction of sp³-hybridized carbons (Fsp3) is 0.741. The Hall–Kier alpha value is -1.35. The Bertz CT molecular complexity index is 503. The van der Waals surface area contributed by atoms with Crippen molar-refractivity contribution in [2.24, 2.45) is 5.73 Å². The molecule has 0 aliphatic rings. The lowest BCUT2D eigenvalue weighted by atomic mass is 10.0. The number of ether oxygens (including phenoxy) is 1. The van der Waals surface area contributed by atoms with Gasteiger partial charge in [0.15, 0.2) is 0 Å². The van der Waals surface area contributed by atoms with Crippen molar-refractivity contribution in [2.75, 3.05) is 6.61 Å². The van der Waals surface area contributed by atoms with E-state index in [0.29, 0.717) is 13.0 Å². The molecule has 172 valence electrons. The average Bonchev–Trinajstić information content (AvgIpc) is 2.76. The molecule has 3 nitrogen and oxygen atoms in total. The maximum absolute atomic E-state index is 12.0. The molecule has 0 aliphatic carbocycles. The van der Waals surface area contributed by atoms with Gasteiger partial charge in [-0.2, -0.15) is 0 Å². The number of rotatable bonds is 20. The summed E-state index contributed by atoms with van der Waals surface area (Å²) in [6.07, 6.45) is 22.1. The van der Waals surface area contributed by atoms with Crippen molar-refractivity contribution < 1.29 is 9.53 Å². The van der Waals surface area contributed by atoms with Gasteiger partial charge in [0.05, 0.1) is 6.61 Å². The second kappa shape index (κ2) is 19.6. The maximum atomic E-state index is 12.0. The number of unbranched alkanes of at least 4 members (excludes halogenated alkanes) is 15. The van der Waals surface area contributed by atoms with Crippen molar-refractivity contribution >= 4 is 5.97 Å². The molecule has 1 atom stereocenters. The Balaban J connectivity index is 1.80. The van der Waals surface area contributed by atoms with Crippen LogP contribution < -0.4 is 5.73 Å². The summed E-state index contributed by atoms with van der Waals surface area (Å²) in [6.45, 7) is 2.78. The third-order valence-corrected chi connectivity index (χ3v) is 5.84. The van der Waals surface area contributed by atoms with E-state index in [9.17, 15) is 4.79 Å². The molecule has 0 spiro atoms. The number of hydrogen-bond acceptors (Lipinski definition) is 3. The van der Waals surface area contributed by atoms with Gasteiger partial charge in [0.25, 0.3) is 0 Å². The highest BCUT2D eigenvalue weighted by atomic mass is 16.5. The second-order valence-electron chi connectivity index (χ2n) is 8.77. The zero-order valence-electron chi connectivity index (χ0n) is 19.6. The number of carbonyl (C=O) groups is 1. The molecule has 0 unspecified atom stereocenters. The second-order valence-corrected chi connectivity index (χ2v) is 8.77. The number of carbonyl (C=O) groups excluding carboxylic acids is 1. The van der Waals surface area contributed by atoms with Gasteiger partial charge in [0.1, 0.15) is 6.04 Å². The standard InChI is InChI=1S/C27H47NO2/c1-2-3-4-5-6-7-8-9-10-11-12-13-14-15-16-20-23-30-27(29)26(28)24-25-21-18-17-19-22-25/h17-19,21-22,26H,2-16,20,23-24,28H2,1H3/t26-/m1/s1. The van der Waals surface area contributed by atoms with Gasteiger partial charge in [-0.3, -0.25) is 4.79 Å². The maximum Gasteiger partial charge on any atom is 0.323 e. The molecule has 0 bridgehead atoms. The first-order valence-electron chi connectivity index (χ1n) is 12.7. The zero-order valence-corrected chi connectivity index (χ0v) is 19.6. The molecular weight excluding hydrogens is 370 g/mol. The van der Waals surface area contributed by atoms with E-state index in [2.05, 4.69) is 6.92 Å². The van der Waals surface area contributed by atoms with Crippen molar-refractivity contribution in [1.29, 1.82) is 0 Å². The Morgan fingerprint density at radius 1 is 0.733 bits per heavy atom. The van der Waals surface area contributed by atoms with Crippen LogP contribution in [0, 0.1) is 0 Å². The van der Waals surface area contributed by atoms with Crippen molar-refractivity contribution in [1.82, 2.24) is 0 Å². The van der Waals surface area contributed by atoms with Crippen LogP contribution in [0.25, 0.3) is 0 Å². The number of benzene rings is 1. The summed E-state index contributed by atoms with van der Waals surface area (Å²) < 4.78 is 5.33. The van der Waals surface area contributed by atoms with Gasteiger partial charge in [0.2, 0.25) is 0 Å². The molecule has 30 heavy (non-hydrogen) atoms. The van der Waals surface area contributed by atoms with Crippen LogP contribution in [0.5, 0.6) is 0 Å². The lowest BCUT2D eigenvalue weighted by molar-refractivity contribution is -0.145. The van der Waals surface area contributed by atoms with Crippen molar-refractivity contribution in [3.8, 4) is 0 Å². The minimum absolute atomic E-state index is 0.278. The molecule has 0 aromatic heterocycles. The van der Waals surface area contributed by atoms with Crippen LogP contribution >= 0.6 is 0 Å². The van der Waals surface area contributed by atoms with Crippen LogP contribution in [0.4, 0.5) is 0 Å². The minimum atomic E-state index is -0.562. The molecule has 0 heterocycles. The Kier molecular flexibility index (Phi) is 17.4. The molecule has 0 saturated heterocycles. The van der Waals surface area contributed by atoms with Crippen LogP contribution in [0.2, 0.25) is 0 Å². The summed E-state index contributed by atoms with van der Waals surface area (Å²) in [5.74, 6) is -0.278. The average molecular weight is 418 g/mol. The molecule has 0 aliphatic heterocycles. The van der Waals surface area contributed by atoms with E-state index in [4.69, 9.17) is 10.5 Å². The van der Waals surface area contributed by atoms with E-state index in [0.717, 1.165) is 18.4 Å². The van der Waals surface area contributed by atoms with Crippen LogP contribution in [0.1, 0.15) is 115 Å². The van der Waals surface area contributed by atoms with E-state index in [-0.39, 0.29) is 5.97 Å². The molecule has 0 radical (unpaired) electrons. The first-order chi connectivity index (χ1) is 14.7. The molecule has 2 N–H and O–H groups in total. The molecule has 0 amide bonds. The van der Waals surface area contributed by atoms with Gasteiger partial charge in [0, 0.05) is 0 Å². The summed E-state index contributed by atoms with van der Waals surface area (Å²) in [5, 5.41) is 0. The normalized spacial score (nSPS) is 12.1.